The maximum Gasteiger partial charge on any atom is 0.333 e. The Kier molecular flexibility index (Phi) is 4.39. The Labute approximate surface area is 162 Å². The first kappa shape index (κ1) is 17.3. The normalized spacial score (nSPS) is 10.9. The number of ketones is 1. The van der Waals surface area contributed by atoms with Crippen molar-refractivity contribution < 1.29 is 14.7 Å². The van der Waals surface area contributed by atoms with E-state index in [1.165, 1.54) is 17.5 Å². The Balaban J connectivity index is 1.87. The number of nitrogens with one attached hydrogen (secondary N) is 1. The highest BCUT2D eigenvalue weighted by Crippen LogP contribution is 2.35. The SMILES string of the molecule is O=C(c1cccs1)c1c(O)n(C(=O)Nc2cccnc2)c2ccc(Cl)cc12. The Morgan fingerprint density at radius 1 is 1.19 bits per heavy atom. The molecule has 4 aromatic rings. The smallest absolute Gasteiger partial charge is 0.333 e. The minimum atomic E-state index is -0.613. The fourth-order valence-corrected chi connectivity index (χ4v) is 3.67. The summed E-state index contributed by atoms with van der Waals surface area (Å²) in [5.41, 5.74) is 0.873. The third-order valence-corrected chi connectivity index (χ3v) is 5.10. The molecule has 0 fully saturated rings. The largest absolute Gasteiger partial charge is 0.494 e. The van der Waals surface area contributed by atoms with Crippen molar-refractivity contribution in [3.05, 3.63) is 75.7 Å². The average Bonchev–Trinajstić information content (AvgIpc) is 3.28. The van der Waals surface area contributed by atoms with Gasteiger partial charge in [-0.2, -0.15) is 0 Å². The van der Waals surface area contributed by atoms with E-state index in [2.05, 4.69) is 10.3 Å². The summed E-state index contributed by atoms with van der Waals surface area (Å²) in [6, 6.07) is 10.9. The predicted octanol–water partition coefficient (Wildman–Crippen LogP) is 4.77. The number of halogens is 1. The molecule has 0 bridgehead atoms. The lowest BCUT2D eigenvalue weighted by Gasteiger charge is -2.08. The van der Waals surface area contributed by atoms with Crippen molar-refractivity contribution >= 4 is 51.3 Å². The van der Waals surface area contributed by atoms with Crippen LogP contribution >= 0.6 is 22.9 Å². The molecule has 3 heterocycles. The van der Waals surface area contributed by atoms with Crippen molar-refractivity contribution in [1.29, 1.82) is 0 Å². The van der Waals surface area contributed by atoms with Crippen LogP contribution < -0.4 is 5.32 Å². The van der Waals surface area contributed by atoms with Crippen LogP contribution in [0.1, 0.15) is 15.2 Å². The summed E-state index contributed by atoms with van der Waals surface area (Å²) >= 11 is 7.34. The number of hydrogen-bond donors (Lipinski definition) is 2. The number of amides is 1. The molecule has 0 aliphatic heterocycles. The van der Waals surface area contributed by atoms with Gasteiger partial charge in [0.15, 0.2) is 0 Å². The molecule has 2 N–H and O–H groups in total. The molecule has 3 aromatic heterocycles. The van der Waals surface area contributed by atoms with Gasteiger partial charge in [0.25, 0.3) is 0 Å². The maximum atomic E-state index is 12.9. The van der Waals surface area contributed by atoms with Gasteiger partial charge in [0, 0.05) is 16.6 Å². The molecule has 0 radical (unpaired) electrons. The van der Waals surface area contributed by atoms with Gasteiger partial charge in [0.05, 0.1) is 27.8 Å². The number of aromatic nitrogens is 2. The zero-order valence-electron chi connectivity index (χ0n) is 13.7. The summed E-state index contributed by atoms with van der Waals surface area (Å²) < 4.78 is 1.06. The number of aromatic hydroxyl groups is 1. The van der Waals surface area contributed by atoms with Crippen LogP contribution in [0.2, 0.25) is 5.02 Å². The molecule has 0 aliphatic rings. The number of rotatable bonds is 3. The summed E-state index contributed by atoms with van der Waals surface area (Å²) in [7, 11) is 0. The van der Waals surface area contributed by atoms with Crippen LogP contribution in [-0.4, -0.2) is 26.5 Å². The predicted molar refractivity (Wildman–Crippen MR) is 105 cm³/mol. The van der Waals surface area contributed by atoms with Gasteiger partial charge in [0.2, 0.25) is 11.7 Å². The number of pyridine rings is 1. The van der Waals surface area contributed by atoms with Crippen LogP contribution in [0.4, 0.5) is 10.5 Å². The van der Waals surface area contributed by atoms with Crippen molar-refractivity contribution in [2.75, 3.05) is 5.32 Å². The average molecular weight is 398 g/mol. The molecule has 0 spiro atoms. The molecule has 4 rings (SSSR count). The second-order valence-electron chi connectivity index (χ2n) is 5.67. The highest BCUT2D eigenvalue weighted by molar-refractivity contribution is 7.12. The first-order valence-corrected chi connectivity index (χ1v) is 9.14. The van der Waals surface area contributed by atoms with Gasteiger partial charge in [-0.25, -0.2) is 9.36 Å². The third kappa shape index (κ3) is 3.07. The molecule has 0 aliphatic carbocycles. The van der Waals surface area contributed by atoms with Crippen LogP contribution in [0.15, 0.2) is 60.2 Å². The summed E-state index contributed by atoms with van der Waals surface area (Å²) in [5, 5.41) is 16.0. The molecular formula is C19H12ClN3O3S. The number of carbonyl (C=O) groups excluding carboxylic acids is 2. The van der Waals surface area contributed by atoms with Crippen molar-refractivity contribution in [2.45, 2.75) is 0 Å². The highest BCUT2D eigenvalue weighted by atomic mass is 35.5. The maximum absolute atomic E-state index is 12.9. The summed E-state index contributed by atoms with van der Waals surface area (Å²) in [5.74, 6) is -0.810. The lowest BCUT2D eigenvalue weighted by Crippen LogP contribution is -2.19. The van der Waals surface area contributed by atoms with E-state index in [-0.39, 0.29) is 11.3 Å². The first-order chi connectivity index (χ1) is 13.1. The van der Waals surface area contributed by atoms with E-state index in [9.17, 15) is 14.7 Å². The molecule has 0 unspecified atom stereocenters. The second-order valence-corrected chi connectivity index (χ2v) is 7.06. The van der Waals surface area contributed by atoms with Crippen LogP contribution in [-0.2, 0) is 0 Å². The fourth-order valence-electron chi connectivity index (χ4n) is 2.83. The second kappa shape index (κ2) is 6.86. The molecule has 27 heavy (non-hydrogen) atoms. The van der Waals surface area contributed by atoms with Crippen molar-refractivity contribution in [3.63, 3.8) is 0 Å². The van der Waals surface area contributed by atoms with Crippen molar-refractivity contribution in [2.24, 2.45) is 0 Å². The van der Waals surface area contributed by atoms with Crippen molar-refractivity contribution in [3.8, 4) is 5.88 Å². The van der Waals surface area contributed by atoms with Crippen molar-refractivity contribution in [1.82, 2.24) is 9.55 Å². The number of hydrogen-bond acceptors (Lipinski definition) is 5. The van der Waals surface area contributed by atoms with Gasteiger partial charge in [-0.3, -0.25) is 9.78 Å². The number of fused-ring (bicyclic) bond motifs is 1. The molecule has 134 valence electrons. The lowest BCUT2D eigenvalue weighted by molar-refractivity contribution is 0.104. The fraction of sp³-hybridized carbons (Fsp3) is 0. The lowest BCUT2D eigenvalue weighted by atomic mass is 10.1. The standard InChI is InChI=1S/C19H12ClN3O3S/c20-11-5-6-14-13(9-11)16(17(24)15-4-2-8-27-15)18(25)23(14)19(26)22-12-3-1-7-21-10-12/h1-10,25H,(H,22,26). The number of thiophene rings is 1. The zero-order valence-corrected chi connectivity index (χ0v) is 15.3. The van der Waals surface area contributed by atoms with Gasteiger partial charge < -0.3 is 10.4 Å². The number of anilines is 1. The van der Waals surface area contributed by atoms with E-state index in [1.807, 2.05) is 0 Å². The molecular weight excluding hydrogens is 386 g/mol. The number of carbonyl (C=O) groups is 2. The van der Waals surface area contributed by atoms with Crippen LogP contribution in [0.3, 0.4) is 0 Å². The molecule has 6 nitrogen and oxygen atoms in total. The molecule has 0 saturated carbocycles. The number of benzene rings is 1. The van der Waals surface area contributed by atoms with Crippen LogP contribution in [0.5, 0.6) is 5.88 Å². The quantitative estimate of drug-likeness (QED) is 0.488. The zero-order chi connectivity index (χ0) is 19.0. The van der Waals surface area contributed by atoms with Gasteiger partial charge in [-0.1, -0.05) is 17.7 Å². The molecule has 1 amide bonds. The van der Waals surface area contributed by atoms with Crippen LogP contribution in [0.25, 0.3) is 10.9 Å². The Hall–Kier alpha value is -3.16. The molecule has 8 heteroatoms. The first-order valence-electron chi connectivity index (χ1n) is 7.89. The Morgan fingerprint density at radius 3 is 2.74 bits per heavy atom. The van der Waals surface area contributed by atoms with Gasteiger partial charge in [-0.05, 0) is 41.8 Å². The minimum Gasteiger partial charge on any atom is -0.494 e. The van der Waals surface area contributed by atoms with E-state index < -0.39 is 11.9 Å². The van der Waals surface area contributed by atoms with E-state index in [0.29, 0.717) is 26.5 Å². The summed E-state index contributed by atoms with van der Waals surface area (Å²) in [6.07, 6.45) is 3.06. The monoisotopic (exact) mass is 397 g/mol. The van der Waals surface area contributed by atoms with E-state index in [0.717, 1.165) is 4.57 Å². The Bertz CT molecular complexity index is 1150. The van der Waals surface area contributed by atoms with E-state index in [4.69, 9.17) is 11.6 Å². The minimum absolute atomic E-state index is 0.0382. The van der Waals surface area contributed by atoms with Gasteiger partial charge in [0.1, 0.15) is 0 Å². The third-order valence-electron chi connectivity index (χ3n) is 3.99. The molecule has 0 atom stereocenters. The number of nitrogens with zero attached hydrogens (tertiary/aromatic N) is 2. The van der Waals surface area contributed by atoms with E-state index in [1.54, 1.807) is 54.0 Å². The van der Waals surface area contributed by atoms with E-state index >= 15 is 0 Å². The Morgan fingerprint density at radius 2 is 2.04 bits per heavy atom. The van der Waals surface area contributed by atoms with Crippen LogP contribution in [0, 0.1) is 0 Å². The van der Waals surface area contributed by atoms with Gasteiger partial charge >= 0.3 is 6.03 Å². The highest BCUT2D eigenvalue weighted by Gasteiger charge is 2.27. The molecule has 0 saturated heterocycles. The topological polar surface area (TPSA) is 84.2 Å². The van der Waals surface area contributed by atoms with Gasteiger partial charge in [-0.15, -0.1) is 11.3 Å². The summed E-state index contributed by atoms with van der Waals surface area (Å²) in [4.78, 5) is 30.1. The summed E-state index contributed by atoms with van der Waals surface area (Å²) in [6.45, 7) is 0. The molecule has 1 aromatic carbocycles.